The quantitative estimate of drug-likeness (QED) is 0.292. The minimum atomic E-state index is 0. The van der Waals surface area contributed by atoms with Gasteiger partial charge in [0, 0.05) is 105 Å². The monoisotopic (exact) mass is 817 g/mol. The third kappa shape index (κ3) is 9.67. The Hall–Kier alpha value is 3.49. The summed E-state index contributed by atoms with van der Waals surface area (Å²) in [6.45, 7) is 6.17. The molecule has 0 aromatic heterocycles. The van der Waals surface area contributed by atoms with E-state index in [1.807, 2.05) is 12.1 Å². The number of piperazine rings is 1. The maximum absolute atomic E-state index is 10.3. The Kier molecular flexibility index (Phi) is 21.9. The van der Waals surface area contributed by atoms with Gasteiger partial charge >= 0.3 is 58.2 Å². The molecule has 0 saturated carbocycles. The van der Waals surface area contributed by atoms with Gasteiger partial charge in [-0.05, 0) is 13.1 Å². The van der Waals surface area contributed by atoms with Crippen LogP contribution < -0.4 is 68.4 Å². The molecule has 4 radical (unpaired) electrons. The molecule has 1 aromatic rings. The van der Waals surface area contributed by atoms with Crippen LogP contribution in [0.2, 0.25) is 0 Å². The topological polar surface area (TPSA) is 35.6 Å². The Morgan fingerprint density at radius 2 is 2.19 bits per heavy atom. The Bertz CT molecular complexity index is 417. The van der Waals surface area contributed by atoms with Gasteiger partial charge in [-0.1, -0.05) is 19.2 Å². The van der Waals surface area contributed by atoms with Gasteiger partial charge in [0.1, 0.15) is 0 Å². The number of amides is 1. The van der Waals surface area contributed by atoms with E-state index in [4.69, 9.17) is 0 Å². The molecule has 4 nitrogen and oxygen atoms in total. The second-order valence-electron chi connectivity index (χ2n) is 4.29. The first-order chi connectivity index (χ1) is 8.20. The summed E-state index contributed by atoms with van der Waals surface area (Å²) >= 11 is 0. The van der Waals surface area contributed by atoms with E-state index >= 15 is 0 Å². The van der Waals surface area contributed by atoms with Gasteiger partial charge in [-0.15, -0.1) is 0 Å². The molecule has 104 valence electrons. The summed E-state index contributed by atoms with van der Waals surface area (Å²) in [5.41, 5.74) is 1.75. The molecule has 1 atom stereocenters. The molecule has 1 heterocycles. The van der Waals surface area contributed by atoms with Crippen molar-refractivity contribution in [3.8, 4) is 0 Å². The summed E-state index contributed by atoms with van der Waals surface area (Å²) in [6.07, 6.45) is 1.68. The molecule has 8 heteroatoms. The largest absolute Gasteiger partial charge is 1.00 e. The number of carbonyl (C=O) groups excluding carboxylic acids is 1. The van der Waals surface area contributed by atoms with Crippen LogP contribution in [0.3, 0.4) is 0 Å². The third-order valence-corrected chi connectivity index (χ3v) is 3.09. The number of anilines is 2. The zero-order valence-corrected chi connectivity index (χ0v) is 29.0. The van der Waals surface area contributed by atoms with Crippen LogP contribution in [0.25, 0.3) is 0 Å². The molecule has 1 fully saturated rings. The standard InChI is InChI=1S/C13H16N3O.Ra.Rb.Re.Y/c1-11-9-16(7-6-15(11)2)13-5-3-4-12(8-13)14-10-17;;;;/h3-4,6,8,11H,7,9H2,1-2H3,(H,14,17);;;;/q-3;;+1;;. The van der Waals surface area contributed by atoms with Gasteiger partial charge < -0.3 is 19.9 Å². The molecular formula is C13H16N3ORaRbReY-2. The molecule has 1 N–H and O–H groups in total. The smallest absolute Gasteiger partial charge is 0.511 e. The van der Waals surface area contributed by atoms with Crippen LogP contribution in [-0.2, 0) is 57.9 Å². The zero-order chi connectivity index (χ0) is 12.3. The van der Waals surface area contributed by atoms with Gasteiger partial charge in [0.15, 0.2) is 0 Å². The van der Waals surface area contributed by atoms with E-state index in [0.29, 0.717) is 6.04 Å². The molecule has 0 aliphatic carbocycles. The average molecular weight is 817 g/mol. The van der Waals surface area contributed by atoms with Crippen molar-refractivity contribution in [1.29, 1.82) is 0 Å². The Morgan fingerprint density at radius 1 is 1.52 bits per heavy atom. The normalized spacial score (nSPS) is 17.2. The minimum Gasteiger partial charge on any atom is -0.511 e. The summed E-state index contributed by atoms with van der Waals surface area (Å²) < 4.78 is 0. The molecule has 1 aromatic carbocycles. The molecule has 1 aliphatic heterocycles. The third-order valence-electron chi connectivity index (χ3n) is 3.09. The first-order valence-electron chi connectivity index (χ1n) is 5.66. The molecule has 21 heavy (non-hydrogen) atoms. The van der Waals surface area contributed by atoms with Crippen LogP contribution in [0.1, 0.15) is 6.92 Å². The molecular weight excluding hydrogens is 801 g/mol. The molecule has 0 bridgehead atoms. The van der Waals surface area contributed by atoms with Gasteiger partial charge in [0.05, 0.1) is 6.41 Å². The number of hydrogen-bond acceptors (Lipinski definition) is 3. The van der Waals surface area contributed by atoms with Gasteiger partial charge in [-0.2, -0.15) is 12.1 Å². The van der Waals surface area contributed by atoms with Crippen LogP contribution in [0.5, 0.6) is 0 Å². The summed E-state index contributed by atoms with van der Waals surface area (Å²) in [7, 11) is 2.09. The Balaban J connectivity index is -0.000000810. The van der Waals surface area contributed by atoms with E-state index in [2.05, 4.69) is 41.7 Å². The number of benzene rings is 1. The first-order valence-corrected chi connectivity index (χ1v) is 5.66. The fraction of sp³-hybridized carbons (Fsp3) is 0.385. The van der Waals surface area contributed by atoms with E-state index < -0.39 is 0 Å². The first kappa shape index (κ1) is 29.3. The second kappa shape index (κ2) is 15.7. The fourth-order valence-electron chi connectivity index (χ4n) is 1.90. The van der Waals surface area contributed by atoms with Crippen LogP contribution in [0.4, 0.5) is 11.4 Å². The molecule has 1 unspecified atom stereocenters. The predicted octanol–water partition coefficient (Wildman–Crippen LogP) is -1.73. The molecule has 1 amide bonds. The maximum atomic E-state index is 10.3. The summed E-state index contributed by atoms with van der Waals surface area (Å²) in [5, 5.41) is 2.53. The minimum absolute atomic E-state index is 0. The Morgan fingerprint density at radius 3 is 2.76 bits per heavy atom. The number of nitrogens with one attached hydrogen (secondary N) is 1. The van der Waals surface area contributed by atoms with Gasteiger partial charge in [0.25, 0.3) is 0 Å². The number of likely N-dealkylation sites (N-methyl/N-ethyl adjacent to an activating group) is 1. The van der Waals surface area contributed by atoms with E-state index in [1.54, 1.807) is 12.5 Å². The van der Waals surface area contributed by atoms with E-state index in [9.17, 15) is 4.79 Å². The van der Waals surface area contributed by atoms with Crippen LogP contribution in [0, 0.1) is 57.6 Å². The molecule has 1 saturated heterocycles. The van der Waals surface area contributed by atoms with Crippen molar-refractivity contribution in [2.75, 3.05) is 30.4 Å². The van der Waals surface area contributed by atoms with Crippen molar-refractivity contribution in [2.24, 2.45) is 0 Å². The van der Waals surface area contributed by atoms with Crippen LogP contribution in [0.15, 0.2) is 18.2 Å². The van der Waals surface area contributed by atoms with Crippen molar-refractivity contribution in [3.63, 3.8) is 0 Å². The van der Waals surface area contributed by atoms with Crippen molar-refractivity contribution in [3.05, 3.63) is 30.8 Å². The molecule has 2 rings (SSSR count). The summed E-state index contributed by atoms with van der Waals surface area (Å²) in [5.74, 6) is 0. The van der Waals surface area contributed by atoms with Crippen molar-refractivity contribution in [2.45, 2.75) is 13.0 Å². The number of nitrogens with zero attached hydrogens (tertiary/aromatic N) is 2. The number of rotatable bonds is 3. The van der Waals surface area contributed by atoms with Crippen LogP contribution in [-0.4, -0.2) is 37.5 Å². The SMILES string of the molecule is CC1CN(c2[c-]ccc(N[C-]=O)c2)C[CH-]N1C.[Ra].[Rb+].[Re].[Y]. The van der Waals surface area contributed by atoms with E-state index in [0.717, 1.165) is 24.5 Å². The summed E-state index contributed by atoms with van der Waals surface area (Å²) in [6, 6.07) is 9.20. The van der Waals surface area contributed by atoms with E-state index in [1.165, 1.54) is 0 Å². The van der Waals surface area contributed by atoms with Crippen molar-refractivity contribution in [1.82, 2.24) is 4.90 Å². The molecule has 1 aliphatic rings. The van der Waals surface area contributed by atoms with Crippen molar-refractivity contribution < 1.29 is 161 Å². The predicted molar refractivity (Wildman–Crippen MR) is 68.3 cm³/mol. The Labute approximate surface area is 252 Å². The van der Waals surface area contributed by atoms with Crippen LogP contribution >= 0.6 is 0 Å². The zero-order valence-electron chi connectivity index (χ0n) is 12.8. The van der Waals surface area contributed by atoms with Gasteiger partial charge in [-0.3, -0.25) is 0 Å². The second-order valence-corrected chi connectivity index (χ2v) is 4.29. The fourth-order valence-corrected chi connectivity index (χ4v) is 1.90. The summed E-state index contributed by atoms with van der Waals surface area (Å²) in [4.78, 5) is 14.7. The van der Waals surface area contributed by atoms with Crippen molar-refractivity contribution >= 4 is 17.8 Å². The van der Waals surface area contributed by atoms with E-state index in [-0.39, 0.29) is 156 Å². The average Bonchev–Trinajstić information content (AvgIpc) is 2.33. The maximum Gasteiger partial charge on any atom is 1.00 e. The van der Waals surface area contributed by atoms with Gasteiger partial charge in [-0.25, -0.2) is 24.4 Å². The number of hydrogen-bond donors (Lipinski definition) is 1. The molecule has 0 spiro atoms. The van der Waals surface area contributed by atoms with Gasteiger partial charge in [0.2, 0.25) is 0 Å².